The Balaban J connectivity index is 1.89. The summed E-state index contributed by atoms with van der Waals surface area (Å²) >= 11 is 0. The molecular weight excluding hydrogens is 328 g/mol. The fourth-order valence-electron chi connectivity index (χ4n) is 2.45. The van der Waals surface area contributed by atoms with Crippen LogP contribution >= 0.6 is 0 Å². The van der Waals surface area contributed by atoms with Crippen molar-refractivity contribution in [1.29, 1.82) is 0 Å². The maximum absolute atomic E-state index is 12.2. The van der Waals surface area contributed by atoms with Crippen molar-refractivity contribution in [3.63, 3.8) is 0 Å². The molecule has 0 fully saturated rings. The topological polar surface area (TPSA) is 63.6 Å². The van der Waals surface area contributed by atoms with Crippen LogP contribution in [0.1, 0.15) is 47.7 Å². The molecule has 1 N–H and O–H groups in total. The van der Waals surface area contributed by atoms with Gasteiger partial charge in [0, 0.05) is 5.56 Å². The first kappa shape index (κ1) is 19.4. The molecule has 2 rings (SSSR count). The number of ketones is 1. The van der Waals surface area contributed by atoms with E-state index in [0.717, 1.165) is 24.3 Å². The Kier molecular flexibility index (Phi) is 7.62. The van der Waals surface area contributed by atoms with E-state index in [1.807, 2.05) is 24.3 Å². The van der Waals surface area contributed by atoms with Crippen molar-refractivity contribution in [3.05, 3.63) is 71.3 Å². The van der Waals surface area contributed by atoms with Crippen LogP contribution in [-0.2, 0) is 11.2 Å². The van der Waals surface area contributed by atoms with Gasteiger partial charge in [-0.3, -0.25) is 9.59 Å². The molecular formula is C22H24O4. The lowest BCUT2D eigenvalue weighted by molar-refractivity contribution is -0.136. The summed E-state index contributed by atoms with van der Waals surface area (Å²) in [5.41, 5.74) is 2.13. The molecule has 0 saturated carbocycles. The molecule has 0 unspecified atom stereocenters. The Morgan fingerprint density at radius 2 is 1.69 bits per heavy atom. The first-order valence-electron chi connectivity index (χ1n) is 8.84. The van der Waals surface area contributed by atoms with Gasteiger partial charge in [-0.15, -0.1) is 0 Å². The molecule has 0 atom stereocenters. The van der Waals surface area contributed by atoms with Gasteiger partial charge < -0.3 is 9.84 Å². The Bertz CT molecular complexity index is 743. The minimum Gasteiger partial charge on any atom is -0.494 e. The van der Waals surface area contributed by atoms with E-state index in [2.05, 4.69) is 6.92 Å². The van der Waals surface area contributed by atoms with Crippen LogP contribution in [0.4, 0.5) is 0 Å². The van der Waals surface area contributed by atoms with Gasteiger partial charge in [0.25, 0.3) is 0 Å². The zero-order chi connectivity index (χ0) is 18.8. The Morgan fingerprint density at radius 3 is 2.31 bits per heavy atom. The normalized spacial score (nSPS) is 10.8. The van der Waals surface area contributed by atoms with E-state index in [9.17, 15) is 9.59 Å². The van der Waals surface area contributed by atoms with Crippen LogP contribution in [0, 0.1) is 0 Å². The second-order valence-corrected chi connectivity index (χ2v) is 6.09. The number of benzene rings is 2. The first-order valence-corrected chi connectivity index (χ1v) is 8.84. The van der Waals surface area contributed by atoms with Crippen molar-refractivity contribution in [2.24, 2.45) is 0 Å². The van der Waals surface area contributed by atoms with E-state index >= 15 is 0 Å². The predicted molar refractivity (Wildman–Crippen MR) is 103 cm³/mol. The number of rotatable bonds is 10. The highest BCUT2D eigenvalue weighted by Crippen LogP contribution is 2.14. The lowest BCUT2D eigenvalue weighted by atomic mass is 10.1. The van der Waals surface area contributed by atoms with Gasteiger partial charge in [0.1, 0.15) is 5.75 Å². The molecule has 4 heteroatoms. The van der Waals surface area contributed by atoms with E-state index in [1.165, 1.54) is 18.9 Å². The third-order valence-electron chi connectivity index (χ3n) is 3.92. The molecule has 0 spiro atoms. The standard InChI is InChI=1S/C22H24O4/c1-2-3-4-15-26-20-12-7-17(8-13-20)9-14-21(23)19-10-5-18(6-11-19)16-22(24)25/h5-14H,2-4,15-16H2,1H3,(H,24,25). The van der Waals surface area contributed by atoms with Crippen LogP contribution in [-0.4, -0.2) is 23.5 Å². The quantitative estimate of drug-likeness (QED) is 0.380. The highest BCUT2D eigenvalue weighted by atomic mass is 16.5. The third-order valence-corrected chi connectivity index (χ3v) is 3.92. The summed E-state index contributed by atoms with van der Waals surface area (Å²) in [7, 11) is 0. The molecule has 0 amide bonds. The number of hydrogen-bond acceptors (Lipinski definition) is 3. The van der Waals surface area contributed by atoms with Gasteiger partial charge in [0.15, 0.2) is 5.78 Å². The number of hydrogen-bond donors (Lipinski definition) is 1. The maximum Gasteiger partial charge on any atom is 0.307 e. The number of allylic oxidation sites excluding steroid dienone is 1. The van der Waals surface area contributed by atoms with Crippen molar-refractivity contribution in [2.75, 3.05) is 6.61 Å². The Labute approximate surface area is 154 Å². The van der Waals surface area contributed by atoms with Crippen LogP contribution in [0.5, 0.6) is 5.75 Å². The zero-order valence-corrected chi connectivity index (χ0v) is 15.0. The van der Waals surface area contributed by atoms with Gasteiger partial charge in [-0.2, -0.15) is 0 Å². The monoisotopic (exact) mass is 352 g/mol. The minimum atomic E-state index is -0.887. The molecule has 4 nitrogen and oxygen atoms in total. The van der Waals surface area contributed by atoms with E-state index < -0.39 is 5.97 Å². The first-order chi connectivity index (χ1) is 12.6. The van der Waals surface area contributed by atoms with Crippen molar-refractivity contribution < 1.29 is 19.4 Å². The van der Waals surface area contributed by atoms with E-state index in [0.29, 0.717) is 11.1 Å². The molecule has 0 aliphatic carbocycles. The molecule has 0 heterocycles. The summed E-state index contributed by atoms with van der Waals surface area (Å²) < 4.78 is 5.66. The molecule has 2 aromatic carbocycles. The summed E-state index contributed by atoms with van der Waals surface area (Å²) in [6, 6.07) is 14.3. The molecule has 136 valence electrons. The van der Waals surface area contributed by atoms with Crippen molar-refractivity contribution in [1.82, 2.24) is 0 Å². The van der Waals surface area contributed by atoms with Gasteiger partial charge in [-0.25, -0.2) is 0 Å². The fraction of sp³-hybridized carbons (Fsp3) is 0.273. The summed E-state index contributed by atoms with van der Waals surface area (Å²) in [5, 5.41) is 8.76. The lowest BCUT2D eigenvalue weighted by Crippen LogP contribution is -2.01. The zero-order valence-electron chi connectivity index (χ0n) is 15.0. The molecule has 26 heavy (non-hydrogen) atoms. The smallest absolute Gasteiger partial charge is 0.307 e. The number of ether oxygens (including phenoxy) is 1. The molecule has 0 aliphatic heterocycles. The summed E-state index contributed by atoms with van der Waals surface area (Å²) in [5.74, 6) is -0.174. The molecule has 0 aromatic heterocycles. The van der Waals surface area contributed by atoms with Crippen LogP contribution in [0.15, 0.2) is 54.6 Å². The van der Waals surface area contributed by atoms with Crippen LogP contribution in [0.25, 0.3) is 6.08 Å². The highest BCUT2D eigenvalue weighted by Gasteiger charge is 2.04. The summed E-state index contributed by atoms with van der Waals surface area (Å²) in [4.78, 5) is 22.9. The van der Waals surface area contributed by atoms with Crippen LogP contribution in [0.3, 0.4) is 0 Å². The van der Waals surface area contributed by atoms with Gasteiger partial charge in [0.2, 0.25) is 0 Å². The minimum absolute atomic E-state index is 0.0445. The van der Waals surface area contributed by atoms with E-state index in [4.69, 9.17) is 9.84 Å². The van der Waals surface area contributed by atoms with Gasteiger partial charge in [0.05, 0.1) is 13.0 Å². The van der Waals surface area contributed by atoms with Gasteiger partial charge in [-0.05, 0) is 35.8 Å². The molecule has 2 aromatic rings. The number of carboxylic acids is 1. The number of carboxylic acid groups (broad SMARTS) is 1. The number of aliphatic carboxylic acids is 1. The number of carbonyl (C=O) groups is 2. The second-order valence-electron chi connectivity index (χ2n) is 6.09. The molecule has 0 radical (unpaired) electrons. The molecule has 0 aliphatic rings. The molecule has 0 bridgehead atoms. The van der Waals surface area contributed by atoms with Gasteiger partial charge in [-0.1, -0.05) is 62.2 Å². The SMILES string of the molecule is CCCCCOc1ccc(C=CC(=O)c2ccc(CC(=O)O)cc2)cc1. The Morgan fingerprint density at radius 1 is 1.00 bits per heavy atom. The average Bonchev–Trinajstić information content (AvgIpc) is 2.64. The third kappa shape index (κ3) is 6.55. The summed E-state index contributed by atoms with van der Waals surface area (Å²) in [6.07, 6.45) is 6.62. The largest absolute Gasteiger partial charge is 0.494 e. The van der Waals surface area contributed by atoms with Crippen LogP contribution in [0.2, 0.25) is 0 Å². The van der Waals surface area contributed by atoms with Crippen molar-refractivity contribution in [2.45, 2.75) is 32.6 Å². The van der Waals surface area contributed by atoms with E-state index in [-0.39, 0.29) is 12.2 Å². The predicted octanol–water partition coefficient (Wildman–Crippen LogP) is 4.78. The number of unbranched alkanes of at least 4 members (excludes halogenated alkanes) is 2. The lowest BCUT2D eigenvalue weighted by Gasteiger charge is -2.05. The van der Waals surface area contributed by atoms with Crippen molar-refractivity contribution >= 4 is 17.8 Å². The highest BCUT2D eigenvalue weighted by molar-refractivity contribution is 6.06. The van der Waals surface area contributed by atoms with E-state index in [1.54, 1.807) is 30.3 Å². The Hall–Kier alpha value is -2.88. The van der Waals surface area contributed by atoms with Crippen LogP contribution < -0.4 is 4.74 Å². The fourth-order valence-corrected chi connectivity index (χ4v) is 2.45. The summed E-state index contributed by atoms with van der Waals surface area (Å²) in [6.45, 7) is 2.88. The van der Waals surface area contributed by atoms with Crippen molar-refractivity contribution in [3.8, 4) is 5.75 Å². The van der Waals surface area contributed by atoms with Gasteiger partial charge >= 0.3 is 5.97 Å². The molecule has 0 saturated heterocycles. The number of carbonyl (C=O) groups excluding carboxylic acids is 1. The maximum atomic E-state index is 12.2. The second kappa shape index (κ2) is 10.2. The average molecular weight is 352 g/mol.